The van der Waals surface area contributed by atoms with Gasteiger partial charge in [0, 0.05) is 15.8 Å². The molecule has 3 rings (SSSR count). The first kappa shape index (κ1) is 21.6. The summed E-state index contributed by atoms with van der Waals surface area (Å²) < 4.78 is 45.4. The highest BCUT2D eigenvalue weighted by Gasteiger charge is 2.36. The number of nitrogens with one attached hydrogen (secondary N) is 1. The van der Waals surface area contributed by atoms with Crippen LogP contribution in [0, 0.1) is 13.8 Å². The summed E-state index contributed by atoms with van der Waals surface area (Å²) in [5.41, 5.74) is 0.816. The van der Waals surface area contributed by atoms with Crippen molar-refractivity contribution in [3.8, 4) is 0 Å². The zero-order valence-corrected chi connectivity index (χ0v) is 17.1. The Kier molecular flexibility index (Phi) is 5.97. The van der Waals surface area contributed by atoms with Crippen molar-refractivity contribution < 1.29 is 27.5 Å². The Hall–Kier alpha value is -3.14. The largest absolute Gasteiger partial charge is 0.465 e. The molecular formula is C20H18F3N3O3S. The van der Waals surface area contributed by atoms with Gasteiger partial charge in [0.1, 0.15) is 5.69 Å². The Morgan fingerprint density at radius 1 is 1.20 bits per heavy atom. The number of aryl methyl sites for hydroxylation is 2. The van der Waals surface area contributed by atoms with Crippen molar-refractivity contribution in [2.45, 2.75) is 26.6 Å². The summed E-state index contributed by atoms with van der Waals surface area (Å²) in [7, 11) is 1.16. The van der Waals surface area contributed by atoms with E-state index in [1.54, 1.807) is 24.3 Å². The van der Waals surface area contributed by atoms with Crippen LogP contribution in [0.15, 0.2) is 35.7 Å². The molecule has 2 heterocycles. The van der Waals surface area contributed by atoms with Crippen LogP contribution in [0.5, 0.6) is 0 Å². The Labute approximate surface area is 174 Å². The van der Waals surface area contributed by atoms with Crippen LogP contribution in [0.3, 0.4) is 0 Å². The number of alkyl halides is 3. The molecule has 3 aromatic rings. The first-order chi connectivity index (χ1) is 14.1. The minimum atomic E-state index is -4.59. The van der Waals surface area contributed by atoms with Crippen molar-refractivity contribution in [2.75, 3.05) is 12.4 Å². The Morgan fingerprint density at radius 2 is 1.87 bits per heavy atom. The summed E-state index contributed by atoms with van der Waals surface area (Å²) in [4.78, 5) is 25.1. The highest BCUT2D eigenvalue weighted by molar-refractivity contribution is 7.10. The number of nitrogens with zero attached hydrogens (tertiary/aromatic N) is 2. The molecule has 2 aromatic heterocycles. The van der Waals surface area contributed by atoms with Crippen LogP contribution >= 0.6 is 11.3 Å². The molecule has 0 spiro atoms. The van der Waals surface area contributed by atoms with Gasteiger partial charge in [0.05, 0.1) is 30.6 Å². The highest BCUT2D eigenvalue weighted by atomic mass is 32.1. The first-order valence-electron chi connectivity index (χ1n) is 8.78. The number of carbonyl (C=O) groups excluding carboxylic acids is 2. The number of aromatic nitrogens is 2. The van der Waals surface area contributed by atoms with Gasteiger partial charge in [-0.1, -0.05) is 17.7 Å². The SMILES string of the molecule is COC(=O)c1c(NC(=O)c2ccc(C)cc2)csc1Cn1nc(C)cc1C(F)(F)F. The number of halogens is 3. The average Bonchev–Trinajstić information content (AvgIpc) is 3.25. The van der Waals surface area contributed by atoms with Gasteiger partial charge in [0.15, 0.2) is 0 Å². The lowest BCUT2D eigenvalue weighted by molar-refractivity contribution is -0.144. The summed E-state index contributed by atoms with van der Waals surface area (Å²) in [6.07, 6.45) is -4.59. The van der Waals surface area contributed by atoms with E-state index in [0.29, 0.717) is 5.56 Å². The quantitative estimate of drug-likeness (QED) is 0.589. The standard InChI is InChI=1S/C20H18F3N3O3S/c1-11-4-6-13(7-5-11)18(27)24-14-10-30-15(17(14)19(28)29-3)9-26-16(20(21,22)23)8-12(2)25-26/h4-8,10H,9H2,1-3H3,(H,24,27). The summed E-state index contributed by atoms with van der Waals surface area (Å²) in [5, 5.41) is 8.02. The number of amides is 1. The van der Waals surface area contributed by atoms with E-state index in [9.17, 15) is 22.8 Å². The van der Waals surface area contributed by atoms with Crippen molar-refractivity contribution in [1.82, 2.24) is 9.78 Å². The molecule has 158 valence electrons. The second-order valence-corrected chi connectivity index (χ2v) is 7.55. The third-order valence-corrected chi connectivity index (χ3v) is 5.28. The molecule has 0 bridgehead atoms. The molecule has 0 atom stereocenters. The Morgan fingerprint density at radius 3 is 2.47 bits per heavy atom. The third-order valence-electron chi connectivity index (χ3n) is 4.30. The molecule has 30 heavy (non-hydrogen) atoms. The monoisotopic (exact) mass is 437 g/mol. The van der Waals surface area contributed by atoms with Crippen LogP contribution < -0.4 is 5.32 Å². The number of methoxy groups -OCH3 is 1. The molecule has 0 saturated carbocycles. The van der Waals surface area contributed by atoms with Gasteiger partial charge in [-0.05, 0) is 32.0 Å². The summed E-state index contributed by atoms with van der Waals surface area (Å²) in [5.74, 6) is -1.21. The molecule has 0 aliphatic heterocycles. The van der Waals surface area contributed by atoms with E-state index in [2.05, 4.69) is 10.4 Å². The fraction of sp³-hybridized carbons (Fsp3) is 0.250. The van der Waals surface area contributed by atoms with Crippen molar-refractivity contribution >= 4 is 28.9 Å². The topological polar surface area (TPSA) is 73.2 Å². The average molecular weight is 437 g/mol. The summed E-state index contributed by atoms with van der Waals surface area (Å²) in [6, 6.07) is 7.75. The molecule has 0 radical (unpaired) electrons. The number of carbonyl (C=O) groups is 2. The number of hydrogen-bond acceptors (Lipinski definition) is 5. The van der Waals surface area contributed by atoms with Crippen molar-refractivity contribution in [1.29, 1.82) is 0 Å². The minimum absolute atomic E-state index is 0.00393. The molecule has 1 amide bonds. The molecule has 1 aromatic carbocycles. The van der Waals surface area contributed by atoms with Crippen molar-refractivity contribution in [3.05, 3.63) is 68.7 Å². The number of anilines is 1. The molecular weight excluding hydrogens is 419 g/mol. The molecule has 0 aliphatic rings. The third kappa shape index (κ3) is 4.54. The van der Waals surface area contributed by atoms with Gasteiger partial charge in [0.25, 0.3) is 5.91 Å². The number of esters is 1. The number of rotatable bonds is 5. The van der Waals surface area contributed by atoms with E-state index in [1.807, 2.05) is 6.92 Å². The molecule has 0 unspecified atom stereocenters. The van der Waals surface area contributed by atoms with E-state index in [0.717, 1.165) is 34.8 Å². The van der Waals surface area contributed by atoms with E-state index in [-0.39, 0.29) is 28.4 Å². The molecule has 6 nitrogen and oxygen atoms in total. The van der Waals surface area contributed by atoms with Gasteiger partial charge in [-0.2, -0.15) is 18.3 Å². The van der Waals surface area contributed by atoms with Gasteiger partial charge in [-0.25, -0.2) is 4.79 Å². The molecule has 0 fully saturated rings. The lowest BCUT2D eigenvalue weighted by Crippen LogP contribution is -2.17. The van der Waals surface area contributed by atoms with Gasteiger partial charge in [-0.3, -0.25) is 9.48 Å². The lowest BCUT2D eigenvalue weighted by atomic mass is 10.1. The van der Waals surface area contributed by atoms with E-state index in [4.69, 9.17) is 4.74 Å². The zero-order chi connectivity index (χ0) is 22.1. The highest BCUT2D eigenvalue weighted by Crippen LogP contribution is 2.33. The normalized spacial score (nSPS) is 11.4. The first-order valence-corrected chi connectivity index (χ1v) is 9.66. The predicted molar refractivity (Wildman–Crippen MR) is 106 cm³/mol. The second kappa shape index (κ2) is 8.31. The van der Waals surface area contributed by atoms with Gasteiger partial charge < -0.3 is 10.1 Å². The van der Waals surface area contributed by atoms with Gasteiger partial charge in [-0.15, -0.1) is 11.3 Å². The maximum atomic E-state index is 13.3. The van der Waals surface area contributed by atoms with Crippen molar-refractivity contribution in [3.63, 3.8) is 0 Å². The van der Waals surface area contributed by atoms with Crippen molar-refractivity contribution in [2.24, 2.45) is 0 Å². The number of benzene rings is 1. The summed E-state index contributed by atoms with van der Waals surface area (Å²) in [6.45, 7) is 3.04. The van der Waals surface area contributed by atoms with E-state index < -0.39 is 23.7 Å². The van der Waals surface area contributed by atoms with E-state index >= 15 is 0 Å². The molecule has 0 saturated heterocycles. The number of thiophene rings is 1. The molecule has 1 N–H and O–H groups in total. The molecule has 10 heteroatoms. The van der Waals surface area contributed by atoms with Crippen LogP contribution in [0.25, 0.3) is 0 Å². The van der Waals surface area contributed by atoms with Crippen LogP contribution in [0.2, 0.25) is 0 Å². The second-order valence-electron chi connectivity index (χ2n) is 6.59. The smallest absolute Gasteiger partial charge is 0.433 e. The maximum Gasteiger partial charge on any atom is 0.433 e. The molecule has 0 aliphatic carbocycles. The van der Waals surface area contributed by atoms with Gasteiger partial charge >= 0.3 is 12.1 Å². The fourth-order valence-corrected chi connectivity index (χ4v) is 3.81. The Balaban J connectivity index is 1.94. The van der Waals surface area contributed by atoms with E-state index in [1.165, 1.54) is 12.3 Å². The Bertz CT molecular complexity index is 1090. The van der Waals surface area contributed by atoms with Crippen LogP contribution in [-0.2, 0) is 17.5 Å². The maximum absolute atomic E-state index is 13.3. The zero-order valence-electron chi connectivity index (χ0n) is 16.3. The fourth-order valence-electron chi connectivity index (χ4n) is 2.86. The lowest BCUT2D eigenvalue weighted by Gasteiger charge is -2.11. The van der Waals surface area contributed by atoms with Crippen LogP contribution in [-0.4, -0.2) is 28.8 Å². The van der Waals surface area contributed by atoms with Crippen LogP contribution in [0.1, 0.15) is 42.5 Å². The predicted octanol–water partition coefficient (Wildman–Crippen LogP) is 4.67. The minimum Gasteiger partial charge on any atom is -0.465 e. The van der Waals surface area contributed by atoms with Crippen LogP contribution in [0.4, 0.5) is 18.9 Å². The number of ether oxygens (including phenoxy) is 1. The number of hydrogen-bond donors (Lipinski definition) is 1. The summed E-state index contributed by atoms with van der Waals surface area (Å²) >= 11 is 1.04. The van der Waals surface area contributed by atoms with Gasteiger partial charge in [0.2, 0.25) is 0 Å².